The van der Waals surface area contributed by atoms with E-state index in [1.54, 1.807) is 12.1 Å². The summed E-state index contributed by atoms with van der Waals surface area (Å²) in [7, 11) is 0. The molecular formula is C12H6F2N2. The lowest BCUT2D eigenvalue weighted by atomic mass is 10.2. The van der Waals surface area contributed by atoms with Crippen LogP contribution < -0.4 is 0 Å². The van der Waals surface area contributed by atoms with Gasteiger partial charge in [0.25, 0.3) is 0 Å². The molecule has 0 amide bonds. The minimum Gasteiger partial charge on any atom is -0.204 e. The van der Waals surface area contributed by atoms with Crippen LogP contribution in [0.4, 0.5) is 8.78 Å². The number of hydrogen-bond donors (Lipinski definition) is 0. The first kappa shape index (κ1) is 10.2. The van der Waals surface area contributed by atoms with Crippen LogP contribution in [0.25, 0.3) is 0 Å². The van der Waals surface area contributed by atoms with Crippen molar-refractivity contribution in [3.8, 4) is 11.8 Å². The molecule has 2 nitrogen and oxygen atoms in total. The Morgan fingerprint density at radius 3 is 2.56 bits per heavy atom. The first-order chi connectivity index (χ1) is 7.75. The minimum atomic E-state index is -0.911. The lowest BCUT2D eigenvalue weighted by molar-refractivity contribution is 0.508. The molecule has 0 N–H and O–H groups in total. The van der Waals surface area contributed by atoms with Crippen LogP contribution in [-0.4, -0.2) is 10.2 Å². The van der Waals surface area contributed by atoms with Gasteiger partial charge < -0.3 is 0 Å². The molecule has 4 heteroatoms. The van der Waals surface area contributed by atoms with E-state index in [9.17, 15) is 8.78 Å². The van der Waals surface area contributed by atoms with Crippen LogP contribution in [0, 0.1) is 23.5 Å². The molecule has 0 aliphatic heterocycles. The third-order valence-corrected chi connectivity index (χ3v) is 1.83. The summed E-state index contributed by atoms with van der Waals surface area (Å²) in [6.45, 7) is 0. The van der Waals surface area contributed by atoms with Gasteiger partial charge in [-0.3, -0.25) is 0 Å². The molecule has 0 fully saturated rings. The zero-order valence-electron chi connectivity index (χ0n) is 8.11. The van der Waals surface area contributed by atoms with Crippen molar-refractivity contribution in [2.45, 2.75) is 0 Å². The van der Waals surface area contributed by atoms with Gasteiger partial charge in [-0.2, -0.15) is 5.10 Å². The molecule has 1 aromatic carbocycles. The van der Waals surface area contributed by atoms with Gasteiger partial charge in [0.2, 0.25) is 0 Å². The second-order valence-electron chi connectivity index (χ2n) is 2.99. The van der Waals surface area contributed by atoms with Gasteiger partial charge in [0.15, 0.2) is 11.6 Å². The fourth-order valence-electron chi connectivity index (χ4n) is 1.08. The first-order valence-electron chi connectivity index (χ1n) is 4.50. The molecule has 0 bridgehead atoms. The molecule has 0 spiro atoms. The maximum Gasteiger partial charge on any atom is 0.160 e. The molecule has 0 atom stereocenters. The smallest absolute Gasteiger partial charge is 0.160 e. The van der Waals surface area contributed by atoms with Gasteiger partial charge in [0.05, 0.1) is 0 Å². The van der Waals surface area contributed by atoms with Crippen molar-refractivity contribution in [3.63, 3.8) is 0 Å². The van der Waals surface area contributed by atoms with Crippen molar-refractivity contribution in [2.24, 2.45) is 0 Å². The normalized spacial score (nSPS) is 9.38. The lowest BCUT2D eigenvalue weighted by Crippen LogP contribution is -1.86. The fourth-order valence-corrected chi connectivity index (χ4v) is 1.08. The molecule has 0 saturated carbocycles. The number of aromatic nitrogens is 2. The average molecular weight is 216 g/mol. The van der Waals surface area contributed by atoms with Gasteiger partial charge in [0, 0.05) is 11.8 Å². The molecule has 2 aromatic rings. The van der Waals surface area contributed by atoms with Crippen LogP contribution in [0.1, 0.15) is 11.3 Å². The van der Waals surface area contributed by atoms with Gasteiger partial charge in [-0.15, -0.1) is 5.10 Å². The third-order valence-electron chi connectivity index (χ3n) is 1.83. The van der Waals surface area contributed by atoms with Crippen molar-refractivity contribution in [1.29, 1.82) is 0 Å². The molecular weight excluding hydrogens is 210 g/mol. The Morgan fingerprint density at radius 1 is 1.00 bits per heavy atom. The maximum atomic E-state index is 12.8. The Hall–Kier alpha value is -2.28. The standard InChI is InChI=1S/C12H6F2N2/c13-11-6-4-9(8-12(11)14)3-5-10-2-1-7-15-16-10/h1-2,4,6-8H. The number of rotatable bonds is 0. The summed E-state index contributed by atoms with van der Waals surface area (Å²) in [4.78, 5) is 0. The largest absolute Gasteiger partial charge is 0.204 e. The highest BCUT2D eigenvalue weighted by Gasteiger charge is 1.99. The van der Waals surface area contributed by atoms with Crippen molar-refractivity contribution in [1.82, 2.24) is 10.2 Å². The summed E-state index contributed by atoms with van der Waals surface area (Å²) >= 11 is 0. The van der Waals surface area contributed by atoms with Crippen LogP contribution in [0.15, 0.2) is 36.5 Å². The summed E-state index contributed by atoms with van der Waals surface area (Å²) in [5, 5.41) is 7.38. The lowest BCUT2D eigenvalue weighted by Gasteiger charge is -1.92. The first-order valence-corrected chi connectivity index (χ1v) is 4.50. The highest BCUT2D eigenvalue weighted by atomic mass is 19.2. The van der Waals surface area contributed by atoms with Crippen molar-refractivity contribution in [2.75, 3.05) is 0 Å². The Balaban J connectivity index is 2.28. The summed E-state index contributed by atoms with van der Waals surface area (Å²) in [6, 6.07) is 6.86. The zero-order chi connectivity index (χ0) is 11.4. The van der Waals surface area contributed by atoms with Crippen LogP contribution in [0.3, 0.4) is 0 Å². The summed E-state index contributed by atoms with van der Waals surface area (Å²) in [6.07, 6.45) is 1.53. The number of nitrogens with zero attached hydrogens (tertiary/aromatic N) is 2. The van der Waals surface area contributed by atoms with Crippen molar-refractivity contribution < 1.29 is 8.78 Å². The fraction of sp³-hybridized carbons (Fsp3) is 0. The van der Waals surface area contributed by atoms with E-state index in [0.717, 1.165) is 12.1 Å². The Labute approximate surface area is 91.0 Å². The van der Waals surface area contributed by atoms with E-state index in [2.05, 4.69) is 22.0 Å². The van der Waals surface area contributed by atoms with E-state index in [-0.39, 0.29) is 0 Å². The summed E-state index contributed by atoms with van der Waals surface area (Å²) in [5.41, 5.74) is 0.872. The van der Waals surface area contributed by atoms with E-state index < -0.39 is 11.6 Å². The molecule has 0 unspecified atom stereocenters. The van der Waals surface area contributed by atoms with E-state index in [4.69, 9.17) is 0 Å². The Bertz CT molecular complexity index is 556. The van der Waals surface area contributed by atoms with Crippen LogP contribution in [0.5, 0.6) is 0 Å². The molecule has 16 heavy (non-hydrogen) atoms. The van der Waals surface area contributed by atoms with E-state index in [1.165, 1.54) is 12.3 Å². The van der Waals surface area contributed by atoms with Gasteiger partial charge >= 0.3 is 0 Å². The molecule has 2 rings (SSSR count). The molecule has 0 radical (unpaired) electrons. The zero-order valence-corrected chi connectivity index (χ0v) is 8.11. The maximum absolute atomic E-state index is 12.8. The van der Waals surface area contributed by atoms with Crippen LogP contribution in [-0.2, 0) is 0 Å². The SMILES string of the molecule is Fc1ccc(C#Cc2cccnn2)cc1F. The second kappa shape index (κ2) is 4.49. The van der Waals surface area contributed by atoms with E-state index in [0.29, 0.717) is 11.3 Å². The molecule has 0 saturated heterocycles. The predicted molar refractivity (Wildman–Crippen MR) is 54.4 cm³/mol. The summed E-state index contributed by atoms with van der Waals surface area (Å²) < 4.78 is 25.5. The molecule has 0 aliphatic rings. The van der Waals surface area contributed by atoms with Crippen molar-refractivity contribution in [3.05, 3.63) is 59.4 Å². The van der Waals surface area contributed by atoms with Crippen LogP contribution >= 0.6 is 0 Å². The highest BCUT2D eigenvalue weighted by Crippen LogP contribution is 2.07. The third kappa shape index (κ3) is 2.39. The molecule has 0 aliphatic carbocycles. The topological polar surface area (TPSA) is 25.8 Å². The number of halogens is 2. The quantitative estimate of drug-likeness (QED) is 0.630. The number of benzene rings is 1. The second-order valence-corrected chi connectivity index (χ2v) is 2.99. The van der Waals surface area contributed by atoms with Gasteiger partial charge in [-0.05, 0) is 36.3 Å². The summed E-state index contributed by atoms with van der Waals surface area (Å²) in [5.74, 6) is 3.57. The van der Waals surface area contributed by atoms with E-state index in [1.807, 2.05) is 0 Å². The molecule has 1 aromatic heterocycles. The predicted octanol–water partition coefficient (Wildman–Crippen LogP) is 2.15. The van der Waals surface area contributed by atoms with Crippen molar-refractivity contribution >= 4 is 0 Å². The molecule has 78 valence electrons. The van der Waals surface area contributed by atoms with Gasteiger partial charge in [-0.25, -0.2) is 8.78 Å². The highest BCUT2D eigenvalue weighted by molar-refractivity contribution is 5.39. The van der Waals surface area contributed by atoms with Gasteiger partial charge in [-0.1, -0.05) is 5.92 Å². The Kier molecular flexibility index (Phi) is 2.88. The monoisotopic (exact) mass is 216 g/mol. The Morgan fingerprint density at radius 2 is 1.88 bits per heavy atom. The molecule has 1 heterocycles. The number of hydrogen-bond acceptors (Lipinski definition) is 2. The van der Waals surface area contributed by atoms with Gasteiger partial charge in [0.1, 0.15) is 5.69 Å². The average Bonchev–Trinajstić information content (AvgIpc) is 2.32. The van der Waals surface area contributed by atoms with E-state index >= 15 is 0 Å². The minimum absolute atomic E-state index is 0.393. The van der Waals surface area contributed by atoms with Crippen LogP contribution in [0.2, 0.25) is 0 Å².